The highest BCUT2D eigenvalue weighted by molar-refractivity contribution is 8.16. The molecule has 2 fully saturated rings. The lowest BCUT2D eigenvalue weighted by Gasteiger charge is -2.24. The van der Waals surface area contributed by atoms with Crippen LogP contribution in [-0.4, -0.2) is 42.3 Å². The highest BCUT2D eigenvalue weighted by Crippen LogP contribution is 2.40. The highest BCUT2D eigenvalue weighted by atomic mass is 32.2. The Hall–Kier alpha value is -3.03. The molecule has 1 aromatic heterocycles. The van der Waals surface area contributed by atoms with Crippen LogP contribution >= 0.6 is 11.8 Å². The highest BCUT2D eigenvalue weighted by Gasteiger charge is 2.49. The first-order chi connectivity index (χ1) is 14.5. The number of aliphatic imine (C=N–C) groups is 1. The lowest BCUT2D eigenvalue weighted by Crippen LogP contribution is -2.37. The summed E-state index contributed by atoms with van der Waals surface area (Å²) in [6.45, 7) is 0.161. The third kappa shape index (κ3) is 4.27. The molecule has 2 aliphatic heterocycles. The predicted octanol–water partition coefficient (Wildman–Crippen LogP) is 2.08. The maximum absolute atomic E-state index is 12.3. The predicted molar refractivity (Wildman–Crippen MR) is 114 cm³/mol. The molecule has 2 aromatic rings. The second-order valence-corrected chi connectivity index (χ2v) is 10.2. The van der Waals surface area contributed by atoms with Crippen molar-refractivity contribution in [3.63, 3.8) is 0 Å². The quantitative estimate of drug-likeness (QED) is 0.557. The molecule has 2 unspecified atom stereocenters. The third-order valence-electron chi connectivity index (χ3n) is 4.77. The smallest absolute Gasteiger partial charge is 0.263 e. The van der Waals surface area contributed by atoms with Gasteiger partial charge in [0.25, 0.3) is 5.91 Å². The largest absolute Gasteiger partial charge is 0.467 e. The van der Waals surface area contributed by atoms with Crippen LogP contribution in [-0.2, 0) is 21.2 Å². The fourth-order valence-electron chi connectivity index (χ4n) is 3.40. The van der Waals surface area contributed by atoms with Crippen LogP contribution in [0.3, 0.4) is 0 Å². The Morgan fingerprint density at radius 3 is 2.80 bits per heavy atom. The van der Waals surface area contributed by atoms with Crippen molar-refractivity contribution in [2.45, 2.75) is 17.8 Å². The lowest BCUT2D eigenvalue weighted by molar-refractivity contribution is -0.117. The second kappa shape index (κ2) is 8.38. The lowest BCUT2D eigenvalue weighted by atomic mass is 10.2. The van der Waals surface area contributed by atoms with Gasteiger partial charge in [-0.1, -0.05) is 30.0 Å². The van der Waals surface area contributed by atoms with Crippen LogP contribution in [0, 0.1) is 11.3 Å². The average molecular weight is 443 g/mol. The number of sulfone groups is 1. The van der Waals surface area contributed by atoms with Crippen LogP contribution in [0.2, 0.25) is 0 Å². The van der Waals surface area contributed by atoms with Gasteiger partial charge < -0.3 is 14.6 Å². The first-order valence-electron chi connectivity index (χ1n) is 9.17. The van der Waals surface area contributed by atoms with Gasteiger partial charge in [0.1, 0.15) is 17.4 Å². The van der Waals surface area contributed by atoms with Crippen molar-refractivity contribution < 1.29 is 17.6 Å². The first-order valence-corrected chi connectivity index (χ1v) is 11.9. The molecule has 0 aliphatic carbocycles. The Morgan fingerprint density at radius 1 is 1.30 bits per heavy atom. The van der Waals surface area contributed by atoms with Crippen molar-refractivity contribution in [2.24, 2.45) is 4.99 Å². The summed E-state index contributed by atoms with van der Waals surface area (Å²) in [6.07, 6.45) is 2.73. The van der Waals surface area contributed by atoms with Crippen LogP contribution in [0.4, 0.5) is 5.69 Å². The molecule has 2 atom stereocenters. The van der Waals surface area contributed by atoms with Crippen molar-refractivity contribution >= 4 is 38.4 Å². The molecule has 0 bridgehead atoms. The summed E-state index contributed by atoms with van der Waals surface area (Å²) >= 11 is 1.36. The number of fused-ring (bicyclic) bond motifs is 1. The summed E-state index contributed by atoms with van der Waals surface area (Å²) in [4.78, 5) is 18.6. The van der Waals surface area contributed by atoms with Gasteiger partial charge in [-0.3, -0.25) is 4.79 Å². The number of benzene rings is 1. The van der Waals surface area contributed by atoms with Gasteiger partial charge in [-0.05, 0) is 24.3 Å². The number of hydrogen-bond acceptors (Lipinski definition) is 7. The minimum absolute atomic E-state index is 0.0526. The molecule has 0 saturated carbocycles. The van der Waals surface area contributed by atoms with Crippen molar-refractivity contribution in [2.75, 3.05) is 16.4 Å². The van der Waals surface area contributed by atoms with Gasteiger partial charge in [-0.2, -0.15) is 5.26 Å². The Kier molecular flexibility index (Phi) is 5.65. The standard InChI is InChI=1S/C20H18N4O4S2/c21-9-14(19(25)22-11-16-7-4-8-28-16)10-23-20-24(15-5-2-1-3-6-15)17-12-30(26,27)13-18(17)29-20/h1-8,10,17-18H,11-13H2,(H,22,25)/b14-10+,23-20?. The molecule has 0 radical (unpaired) electrons. The fraction of sp³-hybridized carbons (Fsp3) is 0.250. The van der Waals surface area contributed by atoms with E-state index in [4.69, 9.17) is 4.42 Å². The molecule has 2 aliphatic rings. The molecule has 10 heteroatoms. The molecular weight excluding hydrogens is 424 g/mol. The van der Waals surface area contributed by atoms with E-state index in [1.807, 2.05) is 41.3 Å². The maximum atomic E-state index is 12.3. The number of amides is 1. The summed E-state index contributed by atoms with van der Waals surface area (Å²) in [5.41, 5.74) is 0.676. The van der Waals surface area contributed by atoms with E-state index >= 15 is 0 Å². The molecule has 8 nitrogen and oxygen atoms in total. The van der Waals surface area contributed by atoms with Crippen molar-refractivity contribution in [3.8, 4) is 6.07 Å². The van der Waals surface area contributed by atoms with Crippen molar-refractivity contribution in [1.82, 2.24) is 5.32 Å². The number of nitriles is 1. The minimum atomic E-state index is -3.11. The number of furan rings is 1. The molecular formula is C20H18N4O4S2. The number of carbonyl (C=O) groups excluding carboxylic acids is 1. The van der Waals surface area contributed by atoms with Gasteiger partial charge in [0.2, 0.25) is 0 Å². The number of thioether (sulfide) groups is 1. The number of carbonyl (C=O) groups is 1. The van der Waals surface area contributed by atoms with E-state index in [0.717, 1.165) is 5.69 Å². The number of rotatable bonds is 5. The zero-order valence-electron chi connectivity index (χ0n) is 15.8. The summed E-state index contributed by atoms with van der Waals surface area (Å²) < 4.78 is 29.4. The topological polar surface area (TPSA) is 116 Å². The van der Waals surface area contributed by atoms with Crippen molar-refractivity contribution in [1.29, 1.82) is 5.26 Å². The fourth-order valence-corrected chi connectivity index (χ4v) is 7.29. The van der Waals surface area contributed by atoms with E-state index in [2.05, 4.69) is 10.3 Å². The molecule has 2 saturated heterocycles. The summed E-state index contributed by atoms with van der Waals surface area (Å²) in [5.74, 6) is 0.151. The van der Waals surface area contributed by atoms with Gasteiger partial charge in [-0.25, -0.2) is 13.4 Å². The zero-order chi connectivity index (χ0) is 21.1. The van der Waals surface area contributed by atoms with Crippen LogP contribution in [0.25, 0.3) is 0 Å². The Balaban J connectivity index is 1.57. The second-order valence-electron chi connectivity index (χ2n) is 6.83. The molecule has 154 valence electrons. The molecule has 0 spiro atoms. The molecule has 1 amide bonds. The summed E-state index contributed by atoms with van der Waals surface area (Å²) in [5, 5.41) is 12.4. The minimum Gasteiger partial charge on any atom is -0.467 e. The zero-order valence-corrected chi connectivity index (χ0v) is 17.4. The number of anilines is 1. The first kappa shape index (κ1) is 20.3. The van der Waals surface area contributed by atoms with E-state index in [0.29, 0.717) is 10.9 Å². The van der Waals surface area contributed by atoms with Crippen LogP contribution in [0.15, 0.2) is 69.9 Å². The average Bonchev–Trinajstić information content (AvgIpc) is 3.42. The van der Waals surface area contributed by atoms with E-state index in [9.17, 15) is 18.5 Å². The monoisotopic (exact) mass is 442 g/mol. The van der Waals surface area contributed by atoms with E-state index in [1.54, 1.807) is 12.1 Å². The maximum Gasteiger partial charge on any atom is 0.263 e. The van der Waals surface area contributed by atoms with Crippen LogP contribution in [0.5, 0.6) is 0 Å². The normalized spacial score (nSPS) is 23.9. The van der Waals surface area contributed by atoms with Gasteiger partial charge in [0.15, 0.2) is 15.0 Å². The number of hydrogen-bond donors (Lipinski definition) is 1. The number of amidine groups is 1. The molecule has 30 heavy (non-hydrogen) atoms. The Labute approximate surface area is 178 Å². The van der Waals surface area contributed by atoms with E-state index < -0.39 is 15.7 Å². The number of para-hydroxylation sites is 1. The van der Waals surface area contributed by atoms with Crippen molar-refractivity contribution in [3.05, 3.63) is 66.3 Å². The van der Waals surface area contributed by atoms with Crippen LogP contribution in [0.1, 0.15) is 5.76 Å². The van der Waals surface area contributed by atoms with Gasteiger partial charge >= 0.3 is 0 Å². The van der Waals surface area contributed by atoms with Crippen LogP contribution < -0.4 is 10.2 Å². The van der Waals surface area contributed by atoms with Gasteiger partial charge in [0.05, 0.1) is 36.6 Å². The number of nitrogens with one attached hydrogen (secondary N) is 1. The van der Waals surface area contributed by atoms with Gasteiger partial charge in [-0.15, -0.1) is 0 Å². The van der Waals surface area contributed by atoms with E-state index in [1.165, 1.54) is 24.2 Å². The summed E-state index contributed by atoms with van der Waals surface area (Å²) in [7, 11) is -3.11. The molecule has 1 aromatic carbocycles. The van der Waals surface area contributed by atoms with Gasteiger partial charge in [0, 0.05) is 10.9 Å². The molecule has 1 N–H and O–H groups in total. The molecule has 3 heterocycles. The molecule has 4 rings (SSSR count). The summed E-state index contributed by atoms with van der Waals surface area (Å²) in [6, 6.07) is 14.4. The third-order valence-corrected chi connectivity index (χ3v) is 8.00. The SMILES string of the molecule is N#C/C(=C\N=C1SC2CS(=O)(=O)CC2N1c1ccccc1)C(=O)NCc1ccco1. The Morgan fingerprint density at radius 2 is 2.10 bits per heavy atom. The van der Waals surface area contributed by atoms with E-state index in [-0.39, 0.29) is 34.9 Å². The Bertz CT molecular complexity index is 1140. The number of nitrogens with zero attached hydrogens (tertiary/aromatic N) is 3.